The van der Waals surface area contributed by atoms with E-state index >= 15 is 0 Å². The Labute approximate surface area is 141 Å². The number of nitrogens with one attached hydrogen (secondary N) is 1. The number of amides is 2. The maximum atomic E-state index is 10.6. The van der Waals surface area contributed by atoms with Crippen molar-refractivity contribution in [3.8, 4) is 11.5 Å². The van der Waals surface area contributed by atoms with Crippen molar-refractivity contribution in [2.24, 2.45) is 22.2 Å². The summed E-state index contributed by atoms with van der Waals surface area (Å²) < 4.78 is 31.4. The Morgan fingerprint density at radius 2 is 2.04 bits per heavy atom. The number of hydrogen-bond donors (Lipinski definition) is 5. The molecule has 11 nitrogen and oxygen atoms in total. The molecule has 0 atom stereocenters. The first-order valence-corrected chi connectivity index (χ1v) is 8.87. The topological polar surface area (TPSA) is 200 Å². The highest BCUT2D eigenvalue weighted by Crippen LogP contribution is 2.27. The van der Waals surface area contributed by atoms with Crippen molar-refractivity contribution in [3.05, 3.63) is 23.3 Å². The van der Waals surface area contributed by atoms with Crippen molar-refractivity contribution in [1.82, 2.24) is 10.3 Å². The molecule has 132 valence electrons. The number of rotatable bonds is 4. The van der Waals surface area contributed by atoms with E-state index in [1.54, 1.807) is 17.5 Å². The molecule has 0 spiro atoms. The van der Waals surface area contributed by atoms with Crippen LogP contribution in [0.15, 0.2) is 26.9 Å². The summed E-state index contributed by atoms with van der Waals surface area (Å²) in [6, 6.07) is 2.86. The van der Waals surface area contributed by atoms with Gasteiger partial charge in [0.15, 0.2) is 11.7 Å². The van der Waals surface area contributed by atoms with Crippen LogP contribution in [0.4, 0.5) is 9.93 Å². The van der Waals surface area contributed by atoms with Crippen LogP contribution in [0.5, 0.6) is 0 Å². The van der Waals surface area contributed by atoms with Crippen LogP contribution in [0.3, 0.4) is 0 Å². The Balaban J connectivity index is 0.000000505. The molecule has 2 amide bonds. The zero-order valence-electron chi connectivity index (χ0n) is 12.5. The van der Waals surface area contributed by atoms with E-state index in [1.807, 2.05) is 0 Å². The van der Waals surface area contributed by atoms with Gasteiger partial charge in [-0.1, -0.05) is 0 Å². The average molecular weight is 376 g/mol. The highest BCUT2D eigenvalue weighted by atomic mass is 32.2. The molecule has 0 aliphatic carbocycles. The van der Waals surface area contributed by atoms with E-state index in [4.69, 9.17) is 26.2 Å². The van der Waals surface area contributed by atoms with Gasteiger partial charge in [-0.25, -0.2) is 9.78 Å². The lowest BCUT2D eigenvalue weighted by Gasteiger charge is -1.96. The molecule has 2 aromatic heterocycles. The van der Waals surface area contributed by atoms with Crippen LogP contribution < -0.4 is 22.5 Å². The Hall–Kier alpha value is -2.64. The lowest BCUT2D eigenvalue weighted by atomic mass is 10.3. The Kier molecular flexibility index (Phi) is 6.69. The van der Waals surface area contributed by atoms with E-state index in [0.29, 0.717) is 28.6 Å². The maximum absolute atomic E-state index is 10.6. The summed E-state index contributed by atoms with van der Waals surface area (Å²) in [5, 5.41) is 4.65. The van der Waals surface area contributed by atoms with Crippen molar-refractivity contribution in [1.29, 1.82) is 0 Å². The van der Waals surface area contributed by atoms with Gasteiger partial charge in [0.2, 0.25) is 5.13 Å². The lowest BCUT2D eigenvalue weighted by molar-refractivity contribution is 0.247. The highest BCUT2D eigenvalue weighted by molar-refractivity contribution is 7.85. The first kappa shape index (κ1) is 19.4. The molecule has 0 radical (unpaired) electrons. The molecule has 0 saturated carbocycles. The summed E-state index contributed by atoms with van der Waals surface area (Å²) in [6.07, 6.45) is 0.715. The predicted octanol–water partition coefficient (Wildman–Crippen LogP) is -0.0197. The zero-order valence-corrected chi connectivity index (χ0v) is 14.1. The number of nitrogens with zero attached hydrogens (tertiary/aromatic N) is 2. The van der Waals surface area contributed by atoms with Gasteiger partial charge in [0, 0.05) is 5.38 Å². The quantitative estimate of drug-likeness (QED) is 0.278. The summed E-state index contributed by atoms with van der Waals surface area (Å²) in [5.41, 5.74) is 16.1. The molecule has 0 saturated heterocycles. The van der Waals surface area contributed by atoms with Crippen LogP contribution in [0.2, 0.25) is 0 Å². The van der Waals surface area contributed by atoms with Crippen molar-refractivity contribution in [3.63, 3.8) is 0 Å². The smallest absolute Gasteiger partial charge is 0.312 e. The van der Waals surface area contributed by atoms with Gasteiger partial charge in [-0.2, -0.15) is 13.4 Å². The number of hydrogen-bond acceptors (Lipinski definition) is 7. The van der Waals surface area contributed by atoms with Gasteiger partial charge >= 0.3 is 6.03 Å². The Bertz CT molecular complexity index is 814. The largest absolute Gasteiger partial charge is 0.458 e. The van der Waals surface area contributed by atoms with Crippen LogP contribution in [0.1, 0.15) is 5.76 Å². The van der Waals surface area contributed by atoms with Gasteiger partial charge in [-0.3, -0.25) is 4.55 Å². The van der Waals surface area contributed by atoms with Gasteiger partial charge in [-0.05, 0) is 12.1 Å². The molecular weight excluding hydrogens is 360 g/mol. The van der Waals surface area contributed by atoms with E-state index < -0.39 is 16.1 Å². The van der Waals surface area contributed by atoms with Crippen LogP contribution in [-0.2, 0) is 16.7 Å². The van der Waals surface area contributed by atoms with Crippen LogP contribution >= 0.6 is 11.3 Å². The molecule has 0 bridgehead atoms. The molecule has 0 aliphatic heterocycles. The molecular formula is C11H16N6O5S2. The summed E-state index contributed by atoms with van der Waals surface area (Å²) in [6.45, 7) is 0.222. The van der Waals surface area contributed by atoms with Crippen LogP contribution in [0, 0.1) is 0 Å². The molecule has 0 aliphatic rings. The van der Waals surface area contributed by atoms with Crippen molar-refractivity contribution in [2.45, 2.75) is 6.54 Å². The number of primary amides is 1. The molecule has 24 heavy (non-hydrogen) atoms. The standard InChI is InChI=1S/C10H12N6O2S.CH4O3S/c11-8(12)16-10-15-6(4-19-10)7-2-1-5(18-7)3-14-9(13)17;1-5(2,3)4/h1-2,4H,3H2,(H3,13,14,17)(H4,11,12,15,16);1H3,(H,2,3,4). The second kappa shape index (κ2) is 8.28. The molecule has 2 aromatic rings. The second-order valence-electron chi connectivity index (χ2n) is 4.27. The fraction of sp³-hybridized carbons (Fsp3) is 0.182. The number of guanidine groups is 1. The number of thiazole rings is 1. The lowest BCUT2D eigenvalue weighted by Crippen LogP contribution is -2.28. The summed E-state index contributed by atoms with van der Waals surface area (Å²) in [7, 11) is -3.67. The third kappa shape index (κ3) is 8.11. The second-order valence-corrected chi connectivity index (χ2v) is 6.57. The average Bonchev–Trinajstić information content (AvgIpc) is 3.02. The predicted molar refractivity (Wildman–Crippen MR) is 89.2 cm³/mol. The van der Waals surface area contributed by atoms with Crippen LogP contribution in [0.25, 0.3) is 11.5 Å². The fourth-order valence-electron chi connectivity index (χ4n) is 1.32. The van der Waals surface area contributed by atoms with Gasteiger partial charge in [0.25, 0.3) is 10.1 Å². The number of aliphatic imine (C=N–C) groups is 1. The number of aromatic nitrogens is 1. The van der Waals surface area contributed by atoms with E-state index in [9.17, 15) is 13.2 Å². The highest BCUT2D eigenvalue weighted by Gasteiger charge is 2.09. The van der Waals surface area contributed by atoms with Crippen molar-refractivity contribution >= 4 is 38.6 Å². The number of nitrogens with two attached hydrogens (primary N) is 3. The zero-order chi connectivity index (χ0) is 18.3. The minimum atomic E-state index is -3.67. The van der Waals surface area contributed by atoms with Crippen LogP contribution in [-0.4, -0.2) is 36.2 Å². The Morgan fingerprint density at radius 1 is 1.42 bits per heavy atom. The third-order valence-corrected chi connectivity index (χ3v) is 2.80. The minimum Gasteiger partial charge on any atom is -0.458 e. The van der Waals surface area contributed by atoms with E-state index in [2.05, 4.69) is 15.3 Å². The van der Waals surface area contributed by atoms with Gasteiger partial charge in [-0.15, -0.1) is 11.3 Å². The SMILES string of the molecule is CS(=O)(=O)O.NC(=O)NCc1ccc(-c2csc(N=C(N)N)n2)o1. The first-order valence-electron chi connectivity index (χ1n) is 6.14. The first-order chi connectivity index (χ1) is 11.0. The normalized spacial score (nSPS) is 10.4. The maximum Gasteiger partial charge on any atom is 0.312 e. The monoisotopic (exact) mass is 376 g/mol. The van der Waals surface area contributed by atoms with E-state index in [0.717, 1.165) is 0 Å². The van der Waals surface area contributed by atoms with Crippen molar-refractivity contribution < 1.29 is 22.2 Å². The molecule has 8 N–H and O–H groups in total. The molecule has 2 heterocycles. The van der Waals surface area contributed by atoms with Gasteiger partial charge < -0.3 is 26.9 Å². The molecule has 0 fully saturated rings. The molecule has 0 aromatic carbocycles. The summed E-state index contributed by atoms with van der Waals surface area (Å²) >= 11 is 1.29. The molecule has 2 rings (SSSR count). The summed E-state index contributed by atoms with van der Waals surface area (Å²) in [4.78, 5) is 18.6. The van der Waals surface area contributed by atoms with Gasteiger partial charge in [0.1, 0.15) is 11.5 Å². The number of carbonyl (C=O) groups excluding carboxylic acids is 1. The number of furan rings is 1. The van der Waals surface area contributed by atoms with E-state index in [-0.39, 0.29) is 12.5 Å². The summed E-state index contributed by atoms with van der Waals surface area (Å²) in [5.74, 6) is 1.09. The molecule has 13 heteroatoms. The van der Waals surface area contributed by atoms with Gasteiger partial charge in [0.05, 0.1) is 12.8 Å². The fourth-order valence-corrected chi connectivity index (χ4v) is 2.02. The number of carbonyl (C=O) groups is 1. The minimum absolute atomic E-state index is 0.0494. The third-order valence-electron chi connectivity index (χ3n) is 2.07. The Morgan fingerprint density at radius 3 is 2.58 bits per heavy atom. The van der Waals surface area contributed by atoms with E-state index in [1.165, 1.54) is 11.3 Å². The van der Waals surface area contributed by atoms with Crippen molar-refractivity contribution in [2.75, 3.05) is 6.26 Å². The number of urea groups is 1. The molecule has 0 unspecified atom stereocenters.